The first-order valence-corrected chi connectivity index (χ1v) is 5.61. The second-order valence-electron chi connectivity index (χ2n) is 3.48. The molecule has 0 bridgehead atoms. The van der Waals surface area contributed by atoms with Gasteiger partial charge in [0.1, 0.15) is 0 Å². The van der Waals surface area contributed by atoms with Gasteiger partial charge in [-0.2, -0.15) is 13.2 Å². The SMILES string of the molecule is Cl.FC(F)(F)c1[c]c(-c2ccc(Br)cc2)ccc1. The van der Waals surface area contributed by atoms with Crippen molar-refractivity contribution in [3.05, 3.63) is 58.6 Å². The summed E-state index contributed by atoms with van der Waals surface area (Å²) >= 11 is 3.27. The highest BCUT2D eigenvalue weighted by Crippen LogP contribution is 2.31. The first-order chi connectivity index (χ1) is 7.97. The Morgan fingerprint density at radius 3 is 2.11 bits per heavy atom. The van der Waals surface area contributed by atoms with Crippen LogP contribution in [0.2, 0.25) is 0 Å². The maximum atomic E-state index is 12.5. The summed E-state index contributed by atoms with van der Waals surface area (Å²) in [6, 6.07) is 13.4. The summed E-state index contributed by atoms with van der Waals surface area (Å²) in [5.41, 5.74) is 0.393. The quantitative estimate of drug-likeness (QED) is 0.658. The molecule has 2 aromatic rings. The van der Waals surface area contributed by atoms with Crippen LogP contribution in [0.15, 0.2) is 46.9 Å². The third kappa shape index (κ3) is 3.50. The highest BCUT2D eigenvalue weighted by atomic mass is 79.9. The Morgan fingerprint density at radius 2 is 1.56 bits per heavy atom. The van der Waals surface area contributed by atoms with Crippen LogP contribution in [0, 0.1) is 6.07 Å². The molecule has 0 nitrogen and oxygen atoms in total. The second kappa shape index (κ2) is 5.76. The molecule has 0 aliphatic carbocycles. The Balaban J connectivity index is 0.00000162. The first-order valence-electron chi connectivity index (χ1n) is 4.82. The average molecular weight is 337 g/mol. The van der Waals surface area contributed by atoms with E-state index in [0.29, 0.717) is 11.1 Å². The molecule has 95 valence electrons. The summed E-state index contributed by atoms with van der Waals surface area (Å²) in [7, 11) is 0. The van der Waals surface area contributed by atoms with Crippen molar-refractivity contribution in [3.63, 3.8) is 0 Å². The van der Waals surface area contributed by atoms with Gasteiger partial charge in [-0.05, 0) is 29.3 Å². The summed E-state index contributed by atoms with van der Waals surface area (Å²) in [4.78, 5) is 0. The first kappa shape index (κ1) is 15.1. The zero-order valence-corrected chi connectivity index (χ0v) is 11.4. The molecule has 0 spiro atoms. The molecule has 0 aromatic heterocycles. The molecule has 0 unspecified atom stereocenters. The van der Waals surface area contributed by atoms with Gasteiger partial charge in [0.05, 0.1) is 5.56 Å². The number of hydrogen-bond acceptors (Lipinski definition) is 0. The minimum Gasteiger partial charge on any atom is -0.166 e. The van der Waals surface area contributed by atoms with E-state index in [1.807, 2.05) is 0 Å². The number of alkyl halides is 3. The maximum absolute atomic E-state index is 12.5. The summed E-state index contributed by atoms with van der Waals surface area (Å²) in [5, 5.41) is 0. The van der Waals surface area contributed by atoms with E-state index >= 15 is 0 Å². The molecule has 5 heteroatoms. The normalized spacial score (nSPS) is 10.9. The van der Waals surface area contributed by atoms with Crippen molar-refractivity contribution >= 4 is 28.3 Å². The topological polar surface area (TPSA) is 0 Å². The highest BCUT2D eigenvalue weighted by Gasteiger charge is 2.30. The van der Waals surface area contributed by atoms with Crippen LogP contribution in [0.3, 0.4) is 0 Å². The molecule has 0 heterocycles. The monoisotopic (exact) mass is 335 g/mol. The van der Waals surface area contributed by atoms with Crippen molar-refractivity contribution in [2.75, 3.05) is 0 Å². The van der Waals surface area contributed by atoms with Crippen LogP contribution in [0.5, 0.6) is 0 Å². The predicted molar refractivity (Wildman–Crippen MR) is 70.7 cm³/mol. The fraction of sp³-hybridized carbons (Fsp3) is 0.0769. The van der Waals surface area contributed by atoms with Crippen molar-refractivity contribution in [1.82, 2.24) is 0 Å². The summed E-state index contributed by atoms with van der Waals surface area (Å²) in [5.74, 6) is 0. The van der Waals surface area contributed by atoms with Gasteiger partial charge in [-0.15, -0.1) is 12.4 Å². The smallest absolute Gasteiger partial charge is 0.166 e. The number of rotatable bonds is 1. The van der Waals surface area contributed by atoms with Gasteiger partial charge in [-0.25, -0.2) is 0 Å². The molecule has 0 saturated carbocycles. The van der Waals surface area contributed by atoms with Crippen LogP contribution in [0.1, 0.15) is 5.56 Å². The maximum Gasteiger partial charge on any atom is 0.417 e. The van der Waals surface area contributed by atoms with Gasteiger partial charge in [0.25, 0.3) is 0 Å². The van der Waals surface area contributed by atoms with Gasteiger partial charge in [-0.1, -0.05) is 40.2 Å². The highest BCUT2D eigenvalue weighted by molar-refractivity contribution is 9.10. The molecule has 18 heavy (non-hydrogen) atoms. The Kier molecular flexibility index (Phi) is 4.82. The molecule has 2 aromatic carbocycles. The van der Waals surface area contributed by atoms with Crippen LogP contribution in [-0.4, -0.2) is 0 Å². The lowest BCUT2D eigenvalue weighted by Gasteiger charge is -2.08. The van der Waals surface area contributed by atoms with E-state index in [4.69, 9.17) is 0 Å². The zero-order valence-electron chi connectivity index (χ0n) is 8.96. The van der Waals surface area contributed by atoms with E-state index in [1.165, 1.54) is 6.07 Å². The fourth-order valence-corrected chi connectivity index (χ4v) is 1.70. The molecule has 0 N–H and O–H groups in total. The number of halogens is 5. The molecule has 0 aliphatic rings. The molecular weight excluding hydrogens is 328 g/mol. The third-order valence-electron chi connectivity index (χ3n) is 2.26. The van der Waals surface area contributed by atoms with Gasteiger partial charge >= 0.3 is 6.18 Å². The van der Waals surface area contributed by atoms with E-state index in [0.717, 1.165) is 10.5 Å². The van der Waals surface area contributed by atoms with Crippen molar-refractivity contribution in [1.29, 1.82) is 0 Å². The Morgan fingerprint density at radius 1 is 0.944 bits per heavy atom. The van der Waals surface area contributed by atoms with Gasteiger partial charge in [0.15, 0.2) is 0 Å². The third-order valence-corrected chi connectivity index (χ3v) is 2.78. The van der Waals surface area contributed by atoms with Crippen LogP contribution in [0.4, 0.5) is 13.2 Å². The summed E-state index contributed by atoms with van der Waals surface area (Å²) in [6.07, 6.45) is -4.36. The van der Waals surface area contributed by atoms with Crippen molar-refractivity contribution in [2.45, 2.75) is 6.18 Å². The van der Waals surface area contributed by atoms with Crippen LogP contribution < -0.4 is 0 Å². The standard InChI is InChI=1S/C13H7BrF3.ClH/c14-12-6-4-9(5-7-12)10-2-1-3-11(8-10)13(15,16)17;/h1-7H;1H. The van der Waals surface area contributed by atoms with Crippen molar-refractivity contribution in [3.8, 4) is 11.1 Å². The van der Waals surface area contributed by atoms with E-state index in [9.17, 15) is 13.2 Å². The molecule has 0 amide bonds. The lowest BCUT2D eigenvalue weighted by Crippen LogP contribution is -2.04. The molecule has 0 atom stereocenters. The average Bonchev–Trinajstić information content (AvgIpc) is 2.29. The molecule has 0 saturated heterocycles. The number of benzene rings is 2. The van der Waals surface area contributed by atoms with Gasteiger partial charge in [0.2, 0.25) is 0 Å². The fourth-order valence-electron chi connectivity index (χ4n) is 1.43. The second-order valence-corrected chi connectivity index (χ2v) is 4.40. The molecule has 0 aliphatic heterocycles. The van der Waals surface area contributed by atoms with Gasteiger partial charge < -0.3 is 0 Å². The molecule has 0 fully saturated rings. The summed E-state index contributed by atoms with van der Waals surface area (Å²) < 4.78 is 38.4. The van der Waals surface area contributed by atoms with Crippen LogP contribution in [0.25, 0.3) is 11.1 Å². The van der Waals surface area contributed by atoms with E-state index in [2.05, 4.69) is 22.0 Å². The minimum atomic E-state index is -4.36. The Labute approximate surface area is 117 Å². The largest absolute Gasteiger partial charge is 0.417 e. The lowest BCUT2D eigenvalue weighted by atomic mass is 10.0. The van der Waals surface area contributed by atoms with Gasteiger partial charge in [-0.3, -0.25) is 0 Å². The van der Waals surface area contributed by atoms with Crippen LogP contribution in [-0.2, 0) is 6.18 Å². The number of hydrogen-bond donors (Lipinski definition) is 0. The minimum absolute atomic E-state index is 0. The molecular formula is C13H8BrClF3. The van der Waals surface area contributed by atoms with E-state index in [-0.39, 0.29) is 12.4 Å². The van der Waals surface area contributed by atoms with E-state index in [1.54, 1.807) is 30.3 Å². The Hall–Kier alpha value is -1.00. The van der Waals surface area contributed by atoms with Crippen LogP contribution >= 0.6 is 28.3 Å². The molecule has 2 rings (SSSR count). The van der Waals surface area contributed by atoms with Crippen molar-refractivity contribution < 1.29 is 13.2 Å². The zero-order chi connectivity index (χ0) is 12.5. The summed E-state index contributed by atoms with van der Waals surface area (Å²) in [6.45, 7) is 0. The lowest BCUT2D eigenvalue weighted by molar-refractivity contribution is -0.137. The van der Waals surface area contributed by atoms with Gasteiger partial charge in [0, 0.05) is 10.5 Å². The Bertz CT molecular complexity index is 521. The van der Waals surface area contributed by atoms with Crippen molar-refractivity contribution in [2.24, 2.45) is 0 Å². The predicted octanol–water partition coefficient (Wildman–Crippen LogP) is 5.36. The van der Waals surface area contributed by atoms with E-state index < -0.39 is 11.7 Å². The molecule has 1 radical (unpaired) electrons.